The summed E-state index contributed by atoms with van der Waals surface area (Å²) in [5.74, 6) is 0.306. The molecule has 1 amide bonds. The van der Waals surface area contributed by atoms with Crippen molar-refractivity contribution < 1.29 is 14.5 Å². The number of nitro groups is 1. The molecule has 1 saturated heterocycles. The van der Waals surface area contributed by atoms with Gasteiger partial charge in [0.2, 0.25) is 17.7 Å². The molecule has 0 aromatic carbocycles. The summed E-state index contributed by atoms with van der Waals surface area (Å²) in [7, 11) is 1.81. The molecule has 2 aliphatic rings. The van der Waals surface area contributed by atoms with Gasteiger partial charge in [-0.25, -0.2) is 4.98 Å². The molecule has 1 aromatic heterocycles. The molecule has 3 N–H and O–H groups in total. The normalized spacial score (nSPS) is 23.6. The van der Waals surface area contributed by atoms with Gasteiger partial charge in [0.25, 0.3) is 0 Å². The minimum atomic E-state index is -0.459. The van der Waals surface area contributed by atoms with E-state index < -0.39 is 4.92 Å². The molecule has 1 saturated carbocycles. The number of ether oxygens (including phenoxy) is 1. The summed E-state index contributed by atoms with van der Waals surface area (Å²) in [5.41, 5.74) is 5.27. The lowest BCUT2D eigenvalue weighted by molar-refractivity contribution is -0.384. The number of amides is 1. The molecule has 10 heteroatoms. The largest absolute Gasteiger partial charge is 0.381 e. The van der Waals surface area contributed by atoms with Crippen LogP contribution < -0.4 is 16.0 Å². The van der Waals surface area contributed by atoms with Crippen LogP contribution in [0.5, 0.6) is 0 Å². The molecule has 0 unspecified atom stereocenters. The summed E-state index contributed by atoms with van der Waals surface area (Å²) in [6, 6.07) is 0.273. The molecule has 0 radical (unpaired) electrons. The summed E-state index contributed by atoms with van der Waals surface area (Å²) in [6.45, 7) is 1.36. The lowest BCUT2D eigenvalue weighted by Crippen LogP contribution is -2.39. The van der Waals surface area contributed by atoms with E-state index in [4.69, 9.17) is 10.5 Å². The number of nitrogens with two attached hydrogens (primary N) is 1. The highest BCUT2D eigenvalue weighted by Gasteiger charge is 2.31. The van der Waals surface area contributed by atoms with Crippen LogP contribution in [0.2, 0.25) is 0 Å². The fourth-order valence-corrected chi connectivity index (χ4v) is 3.77. The number of nitrogens with zero attached hydrogens (tertiary/aromatic N) is 4. The smallest absolute Gasteiger partial charge is 0.329 e. The van der Waals surface area contributed by atoms with E-state index in [0.29, 0.717) is 37.8 Å². The maximum absolute atomic E-state index is 11.5. The van der Waals surface area contributed by atoms with E-state index in [1.165, 1.54) is 6.20 Å². The number of anilines is 2. The number of primary amides is 1. The number of carbonyl (C=O) groups is 1. The van der Waals surface area contributed by atoms with Crippen LogP contribution in [-0.2, 0) is 9.53 Å². The van der Waals surface area contributed by atoms with E-state index >= 15 is 0 Å². The first-order valence-corrected chi connectivity index (χ1v) is 9.33. The Morgan fingerprint density at radius 2 is 1.96 bits per heavy atom. The molecule has 27 heavy (non-hydrogen) atoms. The Morgan fingerprint density at radius 3 is 2.56 bits per heavy atom. The fraction of sp³-hybridized carbons (Fsp3) is 0.706. The van der Waals surface area contributed by atoms with E-state index in [0.717, 1.165) is 25.7 Å². The standard InChI is InChI=1S/C17H26N6O4/c1-22(13-4-2-11(3-5-13)15(18)24)16-14(23(25)26)10-19-17(21-16)20-12-6-8-27-9-7-12/h10-13H,2-9H2,1H3,(H2,18,24)(H,19,20,21). The van der Waals surface area contributed by atoms with E-state index in [1.54, 1.807) is 0 Å². The quantitative estimate of drug-likeness (QED) is 0.561. The van der Waals surface area contributed by atoms with Gasteiger partial charge in [-0.2, -0.15) is 4.98 Å². The third-order valence-electron chi connectivity index (χ3n) is 5.48. The van der Waals surface area contributed by atoms with Crippen molar-refractivity contribution in [2.24, 2.45) is 11.7 Å². The summed E-state index contributed by atoms with van der Waals surface area (Å²) in [4.78, 5) is 32.8. The zero-order valence-electron chi connectivity index (χ0n) is 15.5. The second-order valence-electron chi connectivity index (χ2n) is 7.21. The zero-order chi connectivity index (χ0) is 19.4. The molecular weight excluding hydrogens is 352 g/mol. The molecule has 2 fully saturated rings. The van der Waals surface area contributed by atoms with Gasteiger partial charge in [0.05, 0.1) is 4.92 Å². The third kappa shape index (κ3) is 4.62. The van der Waals surface area contributed by atoms with Crippen LogP contribution in [0, 0.1) is 16.0 Å². The summed E-state index contributed by atoms with van der Waals surface area (Å²) in [6.07, 6.45) is 5.83. The van der Waals surface area contributed by atoms with Gasteiger partial charge in [-0.05, 0) is 38.5 Å². The second-order valence-corrected chi connectivity index (χ2v) is 7.21. The van der Waals surface area contributed by atoms with Crippen LogP contribution in [-0.4, -0.2) is 53.1 Å². The van der Waals surface area contributed by atoms with Crippen molar-refractivity contribution in [2.75, 3.05) is 30.5 Å². The van der Waals surface area contributed by atoms with E-state index in [1.807, 2.05) is 11.9 Å². The molecule has 1 aliphatic heterocycles. The number of nitrogens with one attached hydrogen (secondary N) is 1. The molecular formula is C17H26N6O4. The Morgan fingerprint density at radius 1 is 1.30 bits per heavy atom. The fourth-order valence-electron chi connectivity index (χ4n) is 3.77. The number of carbonyl (C=O) groups excluding carboxylic acids is 1. The van der Waals surface area contributed by atoms with Crippen molar-refractivity contribution in [1.82, 2.24) is 9.97 Å². The van der Waals surface area contributed by atoms with Gasteiger partial charge < -0.3 is 20.7 Å². The van der Waals surface area contributed by atoms with Gasteiger partial charge in [-0.3, -0.25) is 14.9 Å². The SMILES string of the molecule is CN(c1nc(NC2CCOCC2)ncc1[N+](=O)[O-])C1CCC(C(N)=O)CC1. The van der Waals surface area contributed by atoms with Gasteiger partial charge in [0.1, 0.15) is 6.20 Å². The maximum Gasteiger partial charge on any atom is 0.329 e. The Kier molecular flexibility index (Phi) is 6.04. The van der Waals surface area contributed by atoms with E-state index in [9.17, 15) is 14.9 Å². The predicted octanol–water partition coefficient (Wildman–Crippen LogP) is 1.46. The Bertz CT molecular complexity index is 686. The van der Waals surface area contributed by atoms with Crippen molar-refractivity contribution in [3.05, 3.63) is 16.3 Å². The maximum atomic E-state index is 11.5. The number of hydrogen-bond acceptors (Lipinski definition) is 8. The van der Waals surface area contributed by atoms with Crippen LogP contribution in [0.4, 0.5) is 17.5 Å². The first-order valence-electron chi connectivity index (χ1n) is 9.33. The number of rotatable bonds is 6. The minimum Gasteiger partial charge on any atom is -0.381 e. The first kappa shape index (κ1) is 19.3. The van der Waals surface area contributed by atoms with Crippen LogP contribution >= 0.6 is 0 Å². The van der Waals surface area contributed by atoms with Crippen LogP contribution in [0.1, 0.15) is 38.5 Å². The predicted molar refractivity (Wildman–Crippen MR) is 99.5 cm³/mol. The molecule has 2 heterocycles. The molecule has 148 valence electrons. The Balaban J connectivity index is 1.76. The van der Waals surface area contributed by atoms with E-state index in [2.05, 4.69) is 15.3 Å². The summed E-state index contributed by atoms with van der Waals surface area (Å²) >= 11 is 0. The average molecular weight is 378 g/mol. The summed E-state index contributed by atoms with van der Waals surface area (Å²) in [5, 5.41) is 14.7. The highest BCUT2D eigenvalue weighted by molar-refractivity contribution is 5.76. The van der Waals surface area contributed by atoms with E-state index in [-0.39, 0.29) is 29.6 Å². The molecule has 0 atom stereocenters. The van der Waals surface area contributed by atoms with Crippen molar-refractivity contribution in [1.29, 1.82) is 0 Å². The minimum absolute atomic E-state index is 0.0742. The molecule has 3 rings (SSSR count). The molecule has 1 aliphatic carbocycles. The highest BCUT2D eigenvalue weighted by atomic mass is 16.6. The summed E-state index contributed by atoms with van der Waals surface area (Å²) < 4.78 is 5.34. The Labute approximate surface area is 157 Å². The Hall–Kier alpha value is -2.49. The van der Waals surface area contributed by atoms with Gasteiger partial charge in [-0.15, -0.1) is 0 Å². The van der Waals surface area contributed by atoms with Gasteiger partial charge in [0.15, 0.2) is 0 Å². The lowest BCUT2D eigenvalue weighted by Gasteiger charge is -2.34. The van der Waals surface area contributed by atoms with Gasteiger partial charge in [-0.1, -0.05) is 0 Å². The average Bonchev–Trinajstić information content (AvgIpc) is 2.68. The highest BCUT2D eigenvalue weighted by Crippen LogP contribution is 2.33. The molecule has 0 spiro atoms. The van der Waals surface area contributed by atoms with Crippen LogP contribution in [0.15, 0.2) is 6.20 Å². The molecule has 1 aromatic rings. The monoisotopic (exact) mass is 378 g/mol. The number of hydrogen-bond donors (Lipinski definition) is 2. The second kappa shape index (κ2) is 8.47. The van der Waals surface area contributed by atoms with Crippen molar-refractivity contribution in [3.63, 3.8) is 0 Å². The first-order chi connectivity index (χ1) is 13.0. The third-order valence-corrected chi connectivity index (χ3v) is 5.48. The van der Waals surface area contributed by atoms with Crippen molar-refractivity contribution >= 4 is 23.4 Å². The zero-order valence-corrected chi connectivity index (χ0v) is 15.5. The van der Waals surface area contributed by atoms with Crippen molar-refractivity contribution in [3.8, 4) is 0 Å². The van der Waals surface area contributed by atoms with Crippen LogP contribution in [0.25, 0.3) is 0 Å². The van der Waals surface area contributed by atoms with Gasteiger partial charge >= 0.3 is 5.69 Å². The number of aromatic nitrogens is 2. The molecule has 0 bridgehead atoms. The van der Waals surface area contributed by atoms with Crippen molar-refractivity contribution in [2.45, 2.75) is 50.6 Å². The topological polar surface area (TPSA) is 137 Å². The van der Waals surface area contributed by atoms with Gasteiger partial charge in [0, 0.05) is 38.3 Å². The lowest BCUT2D eigenvalue weighted by atomic mass is 9.85. The van der Waals surface area contributed by atoms with Crippen LogP contribution in [0.3, 0.4) is 0 Å². The molecule has 10 nitrogen and oxygen atoms in total.